The van der Waals surface area contributed by atoms with E-state index in [4.69, 9.17) is 4.74 Å². The number of benzene rings is 2. The lowest BCUT2D eigenvalue weighted by Crippen LogP contribution is -2.32. The minimum Gasteiger partial charge on any atom is -0.479 e. The summed E-state index contributed by atoms with van der Waals surface area (Å²) in [4.78, 5) is 38.6. The van der Waals surface area contributed by atoms with Gasteiger partial charge in [-0.15, -0.1) is 4.68 Å². The molecule has 0 spiro atoms. The van der Waals surface area contributed by atoms with Crippen LogP contribution in [-0.4, -0.2) is 35.1 Å². The molecule has 1 aromatic heterocycles. The van der Waals surface area contributed by atoms with Gasteiger partial charge < -0.3 is 14.5 Å². The Hall–Kier alpha value is -3.68. The quantitative estimate of drug-likeness (QED) is 0.544. The van der Waals surface area contributed by atoms with Gasteiger partial charge in [0, 0.05) is 0 Å². The van der Waals surface area contributed by atoms with Gasteiger partial charge in [-0.1, -0.05) is 24.3 Å². The summed E-state index contributed by atoms with van der Waals surface area (Å²) in [6.45, 7) is 1.57. The Morgan fingerprint density at radius 1 is 1.19 bits per heavy atom. The second kappa shape index (κ2) is 7.69. The van der Waals surface area contributed by atoms with Gasteiger partial charge in [0.15, 0.2) is 6.10 Å². The molecule has 1 atom stereocenters. The lowest BCUT2D eigenvalue weighted by molar-refractivity contribution is -0.147. The highest BCUT2D eigenvalue weighted by molar-refractivity contribution is 5.81. The van der Waals surface area contributed by atoms with E-state index in [2.05, 4.69) is 14.8 Å². The number of methoxy groups -OCH3 is 1. The van der Waals surface area contributed by atoms with Crippen LogP contribution < -0.4 is 16.0 Å². The molecule has 1 N–H and O–H groups in total. The van der Waals surface area contributed by atoms with Crippen molar-refractivity contribution in [2.45, 2.75) is 13.0 Å². The van der Waals surface area contributed by atoms with Crippen LogP contribution in [0.15, 0.2) is 63.2 Å². The Morgan fingerprint density at radius 2 is 1.96 bits per heavy atom. The number of hydrogen-bond acceptors (Lipinski definition) is 6. The standard InChI is InChI=1S/C19H17N3O5/c1-12(18(24)26-2)27-14-7-5-6-13(10-14)11-20-22-17(23)15-8-3-4-9-16(15)21-19(22)25/h3-12H,1-2H3,(H,21,25). The molecule has 0 aliphatic heterocycles. The third kappa shape index (κ3) is 3.95. The highest BCUT2D eigenvalue weighted by Crippen LogP contribution is 2.14. The number of para-hydroxylation sites is 1. The van der Waals surface area contributed by atoms with Gasteiger partial charge >= 0.3 is 11.7 Å². The average molecular weight is 367 g/mol. The van der Waals surface area contributed by atoms with Crippen molar-refractivity contribution in [1.29, 1.82) is 0 Å². The second-order valence-electron chi connectivity index (χ2n) is 5.69. The molecule has 3 aromatic rings. The summed E-state index contributed by atoms with van der Waals surface area (Å²) >= 11 is 0. The fourth-order valence-electron chi connectivity index (χ4n) is 2.47. The Labute approximate surface area is 153 Å². The van der Waals surface area contributed by atoms with E-state index in [0.717, 1.165) is 4.68 Å². The van der Waals surface area contributed by atoms with Crippen molar-refractivity contribution in [2.75, 3.05) is 7.11 Å². The number of ether oxygens (including phenoxy) is 2. The zero-order valence-corrected chi connectivity index (χ0v) is 14.7. The number of H-pyrrole nitrogens is 1. The van der Waals surface area contributed by atoms with Crippen LogP contribution in [0.4, 0.5) is 0 Å². The minimum absolute atomic E-state index is 0.359. The summed E-state index contributed by atoms with van der Waals surface area (Å²) in [5.41, 5.74) is -0.117. The van der Waals surface area contributed by atoms with E-state index in [1.165, 1.54) is 13.3 Å². The maximum absolute atomic E-state index is 12.4. The van der Waals surface area contributed by atoms with E-state index in [1.54, 1.807) is 55.5 Å². The van der Waals surface area contributed by atoms with Gasteiger partial charge in [0.1, 0.15) is 5.75 Å². The van der Waals surface area contributed by atoms with Crippen LogP contribution in [0.5, 0.6) is 5.75 Å². The van der Waals surface area contributed by atoms with Gasteiger partial charge in [0.2, 0.25) is 0 Å². The number of hydrogen-bond donors (Lipinski definition) is 1. The number of nitrogens with zero attached hydrogens (tertiary/aromatic N) is 2. The van der Waals surface area contributed by atoms with Crippen molar-refractivity contribution in [3.8, 4) is 5.75 Å². The number of aromatic amines is 1. The van der Waals surface area contributed by atoms with E-state index < -0.39 is 23.3 Å². The Kier molecular flexibility index (Phi) is 5.16. The van der Waals surface area contributed by atoms with Crippen LogP contribution in [0.25, 0.3) is 10.9 Å². The van der Waals surface area contributed by atoms with Gasteiger partial charge in [-0.25, -0.2) is 9.59 Å². The van der Waals surface area contributed by atoms with Gasteiger partial charge in [-0.3, -0.25) is 4.79 Å². The van der Waals surface area contributed by atoms with Crippen molar-refractivity contribution in [1.82, 2.24) is 9.66 Å². The minimum atomic E-state index is -0.770. The van der Waals surface area contributed by atoms with Crippen LogP contribution in [-0.2, 0) is 9.53 Å². The first-order valence-electron chi connectivity index (χ1n) is 8.12. The van der Waals surface area contributed by atoms with E-state index in [9.17, 15) is 14.4 Å². The predicted molar refractivity (Wildman–Crippen MR) is 100 cm³/mol. The largest absolute Gasteiger partial charge is 0.479 e. The molecule has 3 rings (SSSR count). The highest BCUT2D eigenvalue weighted by Gasteiger charge is 2.14. The molecule has 0 radical (unpaired) electrons. The highest BCUT2D eigenvalue weighted by atomic mass is 16.6. The van der Waals surface area contributed by atoms with Crippen molar-refractivity contribution < 1.29 is 14.3 Å². The fourth-order valence-corrected chi connectivity index (χ4v) is 2.47. The summed E-state index contributed by atoms with van der Waals surface area (Å²) in [5.74, 6) is -0.0695. The van der Waals surface area contributed by atoms with Gasteiger partial charge in [0.05, 0.1) is 24.2 Å². The molecule has 0 amide bonds. The van der Waals surface area contributed by atoms with Crippen LogP contribution in [0.2, 0.25) is 0 Å². The van der Waals surface area contributed by atoms with Crippen molar-refractivity contribution in [3.05, 3.63) is 74.9 Å². The molecule has 0 fully saturated rings. The molecule has 138 valence electrons. The molecule has 8 nitrogen and oxygen atoms in total. The summed E-state index contributed by atoms with van der Waals surface area (Å²) < 4.78 is 10.9. The van der Waals surface area contributed by atoms with E-state index >= 15 is 0 Å². The van der Waals surface area contributed by atoms with Crippen molar-refractivity contribution >= 4 is 23.1 Å². The van der Waals surface area contributed by atoms with E-state index in [-0.39, 0.29) is 0 Å². The lowest BCUT2D eigenvalue weighted by Gasteiger charge is -2.12. The summed E-state index contributed by atoms with van der Waals surface area (Å²) in [6, 6.07) is 13.4. The SMILES string of the molecule is COC(=O)C(C)Oc1cccc(C=Nn2c(=O)[nH]c3ccccc3c2=O)c1. The van der Waals surface area contributed by atoms with Gasteiger partial charge in [-0.05, 0) is 36.8 Å². The molecule has 1 heterocycles. The molecule has 0 bridgehead atoms. The molecule has 1 unspecified atom stereocenters. The van der Waals surface area contributed by atoms with Gasteiger partial charge in [0.25, 0.3) is 5.56 Å². The maximum atomic E-state index is 12.4. The predicted octanol–water partition coefficient (Wildman–Crippen LogP) is 1.51. The van der Waals surface area contributed by atoms with Gasteiger partial charge in [-0.2, -0.15) is 5.10 Å². The first kappa shape index (κ1) is 18.1. The summed E-state index contributed by atoms with van der Waals surface area (Å²) in [6.07, 6.45) is 0.592. The summed E-state index contributed by atoms with van der Waals surface area (Å²) in [5, 5.41) is 4.34. The molecule has 2 aromatic carbocycles. The van der Waals surface area contributed by atoms with E-state index in [1.807, 2.05) is 0 Å². The van der Waals surface area contributed by atoms with Crippen LogP contribution in [0.3, 0.4) is 0 Å². The molecule has 27 heavy (non-hydrogen) atoms. The molecule has 0 aliphatic rings. The first-order chi connectivity index (χ1) is 13.0. The Balaban J connectivity index is 1.90. The van der Waals surface area contributed by atoms with Crippen LogP contribution in [0, 0.1) is 0 Å². The second-order valence-corrected chi connectivity index (χ2v) is 5.69. The molecule has 0 aliphatic carbocycles. The molecular weight excluding hydrogens is 350 g/mol. The number of aromatic nitrogens is 2. The normalized spacial score (nSPS) is 12.2. The van der Waals surface area contributed by atoms with Crippen LogP contribution in [0.1, 0.15) is 12.5 Å². The van der Waals surface area contributed by atoms with Crippen molar-refractivity contribution in [2.24, 2.45) is 5.10 Å². The third-order valence-corrected chi connectivity index (χ3v) is 3.81. The molecule has 0 saturated heterocycles. The topological polar surface area (TPSA) is 103 Å². The molecule has 8 heteroatoms. The number of fused-ring (bicyclic) bond motifs is 1. The van der Waals surface area contributed by atoms with Crippen LogP contribution >= 0.6 is 0 Å². The molecular formula is C19H17N3O5. The summed E-state index contributed by atoms with van der Waals surface area (Å²) in [7, 11) is 1.28. The fraction of sp³-hybridized carbons (Fsp3) is 0.158. The number of carbonyl (C=O) groups is 1. The van der Waals surface area contributed by atoms with E-state index in [0.29, 0.717) is 22.2 Å². The average Bonchev–Trinajstić information content (AvgIpc) is 2.67. The number of nitrogens with one attached hydrogen (secondary N) is 1. The third-order valence-electron chi connectivity index (χ3n) is 3.81. The maximum Gasteiger partial charge on any atom is 0.349 e. The van der Waals surface area contributed by atoms with Crippen molar-refractivity contribution in [3.63, 3.8) is 0 Å². The molecule has 0 saturated carbocycles. The first-order valence-corrected chi connectivity index (χ1v) is 8.12. The number of rotatable bonds is 5. The zero-order chi connectivity index (χ0) is 19.4. The smallest absolute Gasteiger partial charge is 0.349 e. The Morgan fingerprint density at radius 3 is 2.74 bits per heavy atom. The number of carbonyl (C=O) groups excluding carboxylic acids is 1. The zero-order valence-electron chi connectivity index (χ0n) is 14.7. The Bertz CT molecular complexity index is 1130. The lowest BCUT2D eigenvalue weighted by atomic mass is 10.2. The monoisotopic (exact) mass is 367 g/mol. The number of esters is 1.